The largest absolute Gasteiger partial charge is 0.456 e. The zero-order valence-corrected chi connectivity index (χ0v) is 12.8. The van der Waals surface area contributed by atoms with Crippen molar-refractivity contribution in [3.05, 3.63) is 58.6 Å². The summed E-state index contributed by atoms with van der Waals surface area (Å²) in [6, 6.07) is 7.00. The van der Waals surface area contributed by atoms with Crippen molar-refractivity contribution < 1.29 is 9.53 Å². The molecule has 2 aromatic heterocycles. The number of benzene rings is 1. The number of aryl methyl sites for hydroxylation is 1. The Labute approximate surface area is 131 Å². The van der Waals surface area contributed by atoms with Crippen LogP contribution in [-0.2, 0) is 17.8 Å². The predicted octanol–water partition coefficient (Wildman–Crippen LogP) is 2.64. The van der Waals surface area contributed by atoms with Crippen molar-refractivity contribution in [1.82, 2.24) is 19.7 Å². The quantitative estimate of drug-likeness (QED) is 0.677. The maximum absolute atomic E-state index is 12.0. The van der Waals surface area contributed by atoms with E-state index in [1.807, 2.05) is 12.3 Å². The molecule has 0 unspecified atom stereocenters. The Morgan fingerprint density at radius 1 is 1.32 bits per heavy atom. The molecule has 0 aliphatic heterocycles. The second-order valence-corrected chi connectivity index (χ2v) is 5.49. The summed E-state index contributed by atoms with van der Waals surface area (Å²) in [4.78, 5) is 20.3. The molecule has 22 heavy (non-hydrogen) atoms. The fourth-order valence-corrected chi connectivity index (χ4v) is 2.62. The van der Waals surface area contributed by atoms with Crippen molar-refractivity contribution in [2.75, 3.05) is 0 Å². The lowest BCUT2D eigenvalue weighted by atomic mass is 10.2. The monoisotopic (exact) mass is 314 g/mol. The number of thiazole rings is 1. The third-order valence-electron chi connectivity index (χ3n) is 3.04. The van der Waals surface area contributed by atoms with Crippen LogP contribution in [0, 0.1) is 0 Å². The van der Waals surface area contributed by atoms with Crippen LogP contribution >= 0.6 is 11.3 Å². The number of nitrogens with zero attached hydrogens (tertiary/aromatic N) is 4. The van der Waals surface area contributed by atoms with E-state index in [0.29, 0.717) is 5.56 Å². The molecule has 6 nitrogen and oxygen atoms in total. The van der Waals surface area contributed by atoms with Crippen molar-refractivity contribution in [3.8, 4) is 5.69 Å². The van der Waals surface area contributed by atoms with E-state index in [9.17, 15) is 4.79 Å². The van der Waals surface area contributed by atoms with Gasteiger partial charge in [0.15, 0.2) is 0 Å². The zero-order valence-electron chi connectivity index (χ0n) is 12.0. The average molecular weight is 314 g/mol. The number of hydrogen-bond donors (Lipinski definition) is 0. The number of carbonyl (C=O) groups excluding carboxylic acids is 1. The first-order valence-corrected chi connectivity index (χ1v) is 7.69. The van der Waals surface area contributed by atoms with Gasteiger partial charge in [-0.15, -0.1) is 11.3 Å². The number of rotatable bonds is 5. The summed E-state index contributed by atoms with van der Waals surface area (Å²) < 4.78 is 6.89. The Hall–Kier alpha value is -2.54. The molecule has 0 aliphatic rings. The van der Waals surface area contributed by atoms with E-state index in [1.54, 1.807) is 46.6 Å². The van der Waals surface area contributed by atoms with E-state index in [-0.39, 0.29) is 12.6 Å². The molecule has 0 fully saturated rings. The lowest BCUT2D eigenvalue weighted by molar-refractivity contribution is 0.0468. The zero-order chi connectivity index (χ0) is 15.4. The first kappa shape index (κ1) is 14.4. The van der Waals surface area contributed by atoms with Crippen LogP contribution in [-0.4, -0.2) is 25.7 Å². The summed E-state index contributed by atoms with van der Waals surface area (Å²) >= 11 is 1.58. The van der Waals surface area contributed by atoms with Gasteiger partial charge in [-0.3, -0.25) is 0 Å². The predicted molar refractivity (Wildman–Crippen MR) is 82.0 cm³/mol. The summed E-state index contributed by atoms with van der Waals surface area (Å²) in [5.41, 5.74) is 2.12. The third-order valence-corrected chi connectivity index (χ3v) is 4.08. The molecule has 0 spiro atoms. The smallest absolute Gasteiger partial charge is 0.338 e. The Balaban J connectivity index is 1.62. The van der Waals surface area contributed by atoms with Gasteiger partial charge in [-0.1, -0.05) is 6.92 Å². The third kappa shape index (κ3) is 3.20. The minimum Gasteiger partial charge on any atom is -0.456 e. The maximum Gasteiger partial charge on any atom is 0.338 e. The van der Waals surface area contributed by atoms with Crippen LogP contribution in [0.5, 0.6) is 0 Å². The summed E-state index contributed by atoms with van der Waals surface area (Å²) in [5.74, 6) is -0.365. The van der Waals surface area contributed by atoms with Gasteiger partial charge in [-0.25, -0.2) is 19.4 Å². The standard InChI is InChI=1S/C15H14N4O2S/c1-2-14-18-12(8-22-14)7-21-15(20)11-3-5-13(6-4-11)19-10-16-9-17-19/h3-6,8-10H,2,7H2,1H3. The van der Waals surface area contributed by atoms with Crippen molar-refractivity contribution in [1.29, 1.82) is 0 Å². The van der Waals surface area contributed by atoms with E-state index in [4.69, 9.17) is 4.74 Å². The van der Waals surface area contributed by atoms with Crippen LogP contribution in [0.15, 0.2) is 42.3 Å². The molecule has 0 saturated carbocycles. The van der Waals surface area contributed by atoms with E-state index in [1.165, 1.54) is 6.33 Å². The van der Waals surface area contributed by atoms with E-state index in [2.05, 4.69) is 15.1 Å². The minimum atomic E-state index is -0.365. The molecule has 0 aliphatic carbocycles. The number of esters is 1. The molecule has 0 atom stereocenters. The van der Waals surface area contributed by atoms with E-state index < -0.39 is 0 Å². The SMILES string of the molecule is CCc1nc(COC(=O)c2ccc(-n3cncn3)cc2)cs1. The molecule has 3 aromatic rings. The molecule has 0 saturated heterocycles. The maximum atomic E-state index is 12.0. The van der Waals surface area contributed by atoms with Gasteiger partial charge in [0.2, 0.25) is 0 Å². The van der Waals surface area contributed by atoms with Gasteiger partial charge >= 0.3 is 5.97 Å². The number of ether oxygens (including phenoxy) is 1. The molecule has 2 heterocycles. The van der Waals surface area contributed by atoms with Gasteiger partial charge in [0.25, 0.3) is 0 Å². The summed E-state index contributed by atoms with van der Waals surface area (Å²) in [6.45, 7) is 2.24. The van der Waals surface area contributed by atoms with Crippen molar-refractivity contribution in [2.24, 2.45) is 0 Å². The van der Waals surface area contributed by atoms with Crippen LogP contribution < -0.4 is 0 Å². The molecule has 0 amide bonds. The molecular formula is C15H14N4O2S. The highest BCUT2D eigenvalue weighted by Crippen LogP contribution is 2.13. The minimum absolute atomic E-state index is 0.195. The van der Waals surface area contributed by atoms with Crippen molar-refractivity contribution >= 4 is 17.3 Å². The van der Waals surface area contributed by atoms with Crippen LogP contribution in [0.2, 0.25) is 0 Å². The molecule has 7 heteroatoms. The molecule has 1 aromatic carbocycles. The first-order valence-electron chi connectivity index (χ1n) is 6.81. The van der Waals surface area contributed by atoms with Crippen LogP contribution in [0.1, 0.15) is 28.0 Å². The topological polar surface area (TPSA) is 69.9 Å². The van der Waals surface area contributed by atoms with Crippen molar-refractivity contribution in [2.45, 2.75) is 20.0 Å². The first-order chi connectivity index (χ1) is 10.8. The average Bonchev–Trinajstić information content (AvgIpc) is 3.24. The van der Waals surface area contributed by atoms with Gasteiger partial charge in [-0.2, -0.15) is 5.10 Å². The fourth-order valence-electron chi connectivity index (χ4n) is 1.89. The molecule has 112 valence electrons. The van der Waals surface area contributed by atoms with Gasteiger partial charge in [0.05, 0.1) is 22.0 Å². The van der Waals surface area contributed by atoms with Gasteiger partial charge in [-0.05, 0) is 30.7 Å². The van der Waals surface area contributed by atoms with E-state index in [0.717, 1.165) is 22.8 Å². The summed E-state index contributed by atoms with van der Waals surface area (Å²) in [6.07, 6.45) is 3.95. The molecule has 0 radical (unpaired) electrons. The Morgan fingerprint density at radius 2 is 2.14 bits per heavy atom. The number of hydrogen-bond acceptors (Lipinski definition) is 6. The normalized spacial score (nSPS) is 10.6. The van der Waals surface area contributed by atoms with Crippen LogP contribution in [0.4, 0.5) is 0 Å². The van der Waals surface area contributed by atoms with Crippen molar-refractivity contribution in [3.63, 3.8) is 0 Å². The Kier molecular flexibility index (Phi) is 4.24. The number of aromatic nitrogens is 4. The van der Waals surface area contributed by atoms with Gasteiger partial charge in [0.1, 0.15) is 19.3 Å². The highest BCUT2D eigenvalue weighted by Gasteiger charge is 2.09. The van der Waals surface area contributed by atoms with Gasteiger partial charge in [0, 0.05) is 5.38 Å². The molecule has 0 bridgehead atoms. The highest BCUT2D eigenvalue weighted by molar-refractivity contribution is 7.09. The second kappa shape index (κ2) is 6.48. The van der Waals surface area contributed by atoms with E-state index >= 15 is 0 Å². The lowest BCUT2D eigenvalue weighted by Gasteiger charge is -2.04. The lowest BCUT2D eigenvalue weighted by Crippen LogP contribution is -2.06. The molecular weight excluding hydrogens is 300 g/mol. The molecule has 3 rings (SSSR count). The fraction of sp³-hybridized carbons (Fsp3) is 0.200. The van der Waals surface area contributed by atoms with Crippen LogP contribution in [0.3, 0.4) is 0 Å². The van der Waals surface area contributed by atoms with Gasteiger partial charge < -0.3 is 4.74 Å². The highest BCUT2D eigenvalue weighted by atomic mass is 32.1. The van der Waals surface area contributed by atoms with Crippen LogP contribution in [0.25, 0.3) is 5.69 Å². The molecule has 0 N–H and O–H groups in total. The summed E-state index contributed by atoms with van der Waals surface area (Å²) in [5, 5.41) is 6.99. The summed E-state index contributed by atoms with van der Waals surface area (Å²) in [7, 11) is 0. The Bertz CT molecular complexity index is 750. The Morgan fingerprint density at radius 3 is 2.77 bits per heavy atom. The number of carbonyl (C=O) groups is 1. The second-order valence-electron chi connectivity index (χ2n) is 4.55.